The van der Waals surface area contributed by atoms with Gasteiger partial charge in [0.1, 0.15) is 12.4 Å². The number of furan rings is 1. The maximum Gasteiger partial charge on any atom is 0.335 e. The van der Waals surface area contributed by atoms with Crippen LogP contribution in [-0.2, 0) is 21.0 Å². The van der Waals surface area contributed by atoms with Crippen LogP contribution in [0.1, 0.15) is 72.4 Å². The quantitative estimate of drug-likeness (QED) is 0.0908. The second-order valence-electron chi connectivity index (χ2n) is 9.57. The van der Waals surface area contributed by atoms with E-state index < -0.39 is 23.8 Å². The monoisotopic (exact) mass is 563 g/mol. The lowest BCUT2D eigenvalue weighted by Crippen LogP contribution is -2.48. The average molecular weight is 564 g/mol. The van der Waals surface area contributed by atoms with Crippen molar-refractivity contribution in [1.29, 1.82) is 0 Å². The summed E-state index contributed by atoms with van der Waals surface area (Å²) < 4.78 is 5.63. The number of hydrogen-bond acceptors (Lipinski definition) is 6. The fourth-order valence-electron chi connectivity index (χ4n) is 4.50. The molecule has 0 spiro atoms. The molecule has 1 aromatic heterocycles. The molecule has 0 fully saturated rings. The van der Waals surface area contributed by atoms with Crippen molar-refractivity contribution >= 4 is 24.2 Å². The minimum Gasteiger partial charge on any atom is -0.478 e. The Bertz CT molecular complexity index is 1270. The van der Waals surface area contributed by atoms with E-state index in [0.717, 1.165) is 24.8 Å². The second-order valence-corrected chi connectivity index (χ2v) is 9.57. The van der Waals surface area contributed by atoms with Crippen molar-refractivity contribution in [2.45, 2.75) is 58.6 Å². The summed E-state index contributed by atoms with van der Waals surface area (Å²) in [4.78, 5) is 54.8. The van der Waals surface area contributed by atoms with Gasteiger partial charge < -0.3 is 20.2 Å². The Kier molecular flexibility index (Phi) is 12.1. The summed E-state index contributed by atoms with van der Waals surface area (Å²) in [7, 11) is 0. The number of carbonyl (C=O) groups is 4. The average Bonchev–Trinajstić information content (AvgIpc) is 3.49. The number of nitrogens with one attached hydrogen (secondary N) is 2. The lowest BCUT2D eigenvalue weighted by molar-refractivity contribution is -0.200. The van der Waals surface area contributed by atoms with Crippen molar-refractivity contribution in [2.24, 2.45) is 5.92 Å². The van der Waals surface area contributed by atoms with Gasteiger partial charge in [0.05, 0.1) is 24.2 Å². The highest BCUT2D eigenvalue weighted by Crippen LogP contribution is 2.24. The summed E-state index contributed by atoms with van der Waals surface area (Å²) in [5, 5.41) is 15.7. The molecule has 3 aromatic rings. The molecule has 2 atom stereocenters. The van der Waals surface area contributed by atoms with Crippen LogP contribution < -0.4 is 10.6 Å². The van der Waals surface area contributed by atoms with Crippen LogP contribution in [0.4, 0.5) is 0 Å². The number of hydroxylamine groups is 2. The number of nitrogens with zero attached hydrogens (tertiary/aromatic N) is 1. The van der Waals surface area contributed by atoms with E-state index in [2.05, 4.69) is 17.6 Å². The third-order valence-electron chi connectivity index (χ3n) is 6.75. The molecule has 0 saturated carbocycles. The Hall–Kier alpha value is -4.44. The summed E-state index contributed by atoms with van der Waals surface area (Å²) >= 11 is 0. The molecule has 218 valence electrons. The zero-order valence-corrected chi connectivity index (χ0v) is 23.4. The lowest BCUT2D eigenvalue weighted by atomic mass is 9.90. The molecule has 2 aromatic carbocycles. The predicted molar refractivity (Wildman–Crippen MR) is 152 cm³/mol. The smallest absolute Gasteiger partial charge is 0.335 e. The summed E-state index contributed by atoms with van der Waals surface area (Å²) in [6.45, 7) is 4.05. The van der Waals surface area contributed by atoms with Gasteiger partial charge in [-0.1, -0.05) is 75.6 Å². The van der Waals surface area contributed by atoms with Gasteiger partial charge >= 0.3 is 5.97 Å². The topological polar surface area (TPSA) is 138 Å². The second kappa shape index (κ2) is 16.0. The molecule has 10 nitrogen and oxygen atoms in total. The summed E-state index contributed by atoms with van der Waals surface area (Å²) in [6, 6.07) is 18.2. The number of aromatic carboxylic acids is 1. The molecule has 10 heteroatoms. The highest BCUT2D eigenvalue weighted by Gasteiger charge is 2.32. The van der Waals surface area contributed by atoms with Crippen LogP contribution in [-0.4, -0.2) is 47.1 Å². The molecule has 0 aliphatic rings. The fourth-order valence-corrected chi connectivity index (χ4v) is 4.50. The van der Waals surface area contributed by atoms with Crippen LogP contribution >= 0.6 is 0 Å². The molecule has 0 saturated heterocycles. The SMILES string of the molecule is CCCCC[C@@H](C(=O)NCNC(=O)c1ccc(-c2ccc(C(=O)O)cc2)o1)[C@@H](CC)N(C=O)OCc1ccccc1. The normalized spacial score (nSPS) is 12.2. The Morgan fingerprint density at radius 1 is 0.976 bits per heavy atom. The van der Waals surface area contributed by atoms with E-state index in [0.29, 0.717) is 30.6 Å². The van der Waals surface area contributed by atoms with Crippen LogP contribution in [0.5, 0.6) is 0 Å². The number of carboxylic acid groups (broad SMARTS) is 1. The van der Waals surface area contributed by atoms with Crippen LogP contribution in [0, 0.1) is 5.92 Å². The third kappa shape index (κ3) is 9.04. The molecule has 3 rings (SSSR count). The maximum absolute atomic E-state index is 13.3. The number of carboxylic acids is 1. The molecule has 0 radical (unpaired) electrons. The van der Waals surface area contributed by atoms with Gasteiger partial charge in [0, 0.05) is 5.56 Å². The first-order valence-electron chi connectivity index (χ1n) is 13.8. The highest BCUT2D eigenvalue weighted by molar-refractivity contribution is 5.92. The number of unbranched alkanes of at least 4 members (excludes halogenated alkanes) is 2. The van der Waals surface area contributed by atoms with E-state index >= 15 is 0 Å². The number of amides is 3. The molecule has 0 bridgehead atoms. The largest absolute Gasteiger partial charge is 0.478 e. The zero-order chi connectivity index (χ0) is 29.6. The first-order chi connectivity index (χ1) is 19.9. The third-order valence-corrected chi connectivity index (χ3v) is 6.75. The molecule has 41 heavy (non-hydrogen) atoms. The molecule has 3 amide bonds. The predicted octanol–water partition coefficient (Wildman–Crippen LogP) is 5.01. The van der Waals surface area contributed by atoms with Crippen molar-refractivity contribution in [3.05, 3.63) is 83.6 Å². The number of benzene rings is 2. The lowest BCUT2D eigenvalue weighted by Gasteiger charge is -2.32. The number of carbonyl (C=O) groups excluding carboxylic acids is 3. The number of hydrogen-bond donors (Lipinski definition) is 3. The minimum absolute atomic E-state index is 0.0453. The van der Waals surface area contributed by atoms with E-state index in [1.807, 2.05) is 37.3 Å². The van der Waals surface area contributed by atoms with Crippen LogP contribution in [0.25, 0.3) is 11.3 Å². The van der Waals surface area contributed by atoms with Crippen molar-refractivity contribution in [1.82, 2.24) is 15.7 Å². The molecule has 0 aliphatic heterocycles. The van der Waals surface area contributed by atoms with E-state index in [4.69, 9.17) is 14.4 Å². The van der Waals surface area contributed by atoms with Gasteiger partial charge in [-0.05, 0) is 42.7 Å². The maximum atomic E-state index is 13.3. The minimum atomic E-state index is -1.03. The van der Waals surface area contributed by atoms with E-state index in [-0.39, 0.29) is 30.5 Å². The Morgan fingerprint density at radius 2 is 1.71 bits per heavy atom. The van der Waals surface area contributed by atoms with E-state index in [1.165, 1.54) is 23.3 Å². The van der Waals surface area contributed by atoms with Crippen LogP contribution in [0.2, 0.25) is 0 Å². The summed E-state index contributed by atoms with van der Waals surface area (Å²) in [5.74, 6) is -1.93. The van der Waals surface area contributed by atoms with Gasteiger partial charge in [-0.2, -0.15) is 0 Å². The number of rotatable bonds is 17. The summed E-state index contributed by atoms with van der Waals surface area (Å²) in [5.41, 5.74) is 1.67. The van der Waals surface area contributed by atoms with Crippen molar-refractivity contribution in [3.63, 3.8) is 0 Å². The molecule has 1 heterocycles. The highest BCUT2D eigenvalue weighted by atomic mass is 16.7. The van der Waals surface area contributed by atoms with E-state index in [9.17, 15) is 19.2 Å². The Labute approximate surface area is 239 Å². The van der Waals surface area contributed by atoms with Gasteiger partial charge in [0.2, 0.25) is 12.3 Å². The zero-order valence-electron chi connectivity index (χ0n) is 23.4. The van der Waals surface area contributed by atoms with Gasteiger partial charge in [-0.15, -0.1) is 0 Å². The van der Waals surface area contributed by atoms with Gasteiger partial charge in [-0.3, -0.25) is 19.2 Å². The molecule has 0 aliphatic carbocycles. The fraction of sp³-hybridized carbons (Fsp3) is 0.355. The van der Waals surface area contributed by atoms with Gasteiger partial charge in [0.25, 0.3) is 5.91 Å². The molecule has 3 N–H and O–H groups in total. The van der Waals surface area contributed by atoms with Crippen LogP contribution in [0.15, 0.2) is 71.1 Å². The first kappa shape index (κ1) is 31.1. The van der Waals surface area contributed by atoms with Crippen molar-refractivity contribution in [2.75, 3.05) is 6.67 Å². The van der Waals surface area contributed by atoms with Gasteiger partial charge in [0.15, 0.2) is 5.76 Å². The standard InChI is InChI=1S/C31H37N3O7/c1-3-5-7-12-25(26(4-2)34(21-35)40-19-22-10-8-6-9-11-22)29(36)32-20-33-30(37)28-18-17-27(41-28)23-13-15-24(16-14-23)31(38)39/h6,8-11,13-18,21,25-26H,3-5,7,12,19-20H2,1-2H3,(H,32,36)(H,33,37)(H,38,39)/t25-,26-/m1/s1. The first-order valence-corrected chi connectivity index (χ1v) is 13.8. The van der Waals surface area contributed by atoms with Crippen molar-refractivity contribution in [3.8, 4) is 11.3 Å². The Morgan fingerprint density at radius 3 is 2.34 bits per heavy atom. The Balaban J connectivity index is 1.60. The molecular weight excluding hydrogens is 526 g/mol. The van der Waals surface area contributed by atoms with E-state index in [1.54, 1.807) is 18.2 Å². The van der Waals surface area contributed by atoms with Crippen molar-refractivity contribution < 1.29 is 33.5 Å². The molecular formula is C31H37N3O7. The molecule has 0 unspecified atom stereocenters. The van der Waals surface area contributed by atoms with Gasteiger partial charge in [-0.25, -0.2) is 9.86 Å². The van der Waals surface area contributed by atoms with Crippen LogP contribution in [0.3, 0.4) is 0 Å². The summed E-state index contributed by atoms with van der Waals surface area (Å²) in [6.07, 6.45) is 4.43.